The standard InChI is InChI=1S/C12H14N4O2/c13-5-1-2-6-14-8-3-4-9-10(7-8)12(18)16-15-11(9)17/h3-4,7,14H,1-2,5-6,13H2. The highest BCUT2D eigenvalue weighted by atomic mass is 16.2. The number of anilines is 1. The number of fused-ring (bicyclic) bond motifs is 1. The Bertz CT molecular complexity index is 511. The molecule has 1 aromatic carbocycles. The third-order valence-electron chi connectivity index (χ3n) is 2.67. The predicted octanol–water partition coefficient (Wildman–Crippen LogP) is 1.58. The molecule has 0 spiro atoms. The van der Waals surface area contributed by atoms with E-state index in [1.54, 1.807) is 18.2 Å². The fourth-order valence-electron chi connectivity index (χ4n) is 1.72. The number of nitrogens with zero attached hydrogens (tertiary/aromatic N) is 2. The maximum absolute atomic E-state index is 11.5. The molecular weight excluding hydrogens is 232 g/mol. The first kappa shape index (κ1) is 12.4. The summed E-state index contributed by atoms with van der Waals surface area (Å²) in [7, 11) is 0. The van der Waals surface area contributed by atoms with Crippen LogP contribution < -0.4 is 11.1 Å². The van der Waals surface area contributed by atoms with Crippen LogP contribution in [0.5, 0.6) is 0 Å². The lowest BCUT2D eigenvalue weighted by atomic mass is 10.0. The highest BCUT2D eigenvalue weighted by Crippen LogP contribution is 2.21. The number of benzene rings is 1. The first-order valence-corrected chi connectivity index (χ1v) is 5.81. The van der Waals surface area contributed by atoms with Crippen LogP contribution in [0.15, 0.2) is 28.4 Å². The topological polar surface area (TPSA) is 96.9 Å². The fourth-order valence-corrected chi connectivity index (χ4v) is 1.72. The summed E-state index contributed by atoms with van der Waals surface area (Å²) in [5.41, 5.74) is 6.81. The van der Waals surface area contributed by atoms with Crippen LogP contribution in [-0.2, 0) is 0 Å². The van der Waals surface area contributed by atoms with Crippen LogP contribution in [0, 0.1) is 0 Å². The molecule has 6 heteroatoms. The number of nitrogens with one attached hydrogen (secondary N) is 1. The largest absolute Gasteiger partial charge is 0.385 e. The molecule has 0 unspecified atom stereocenters. The molecule has 0 atom stereocenters. The van der Waals surface area contributed by atoms with Gasteiger partial charge in [-0.2, -0.15) is 0 Å². The molecule has 0 aromatic heterocycles. The van der Waals surface area contributed by atoms with Gasteiger partial charge < -0.3 is 11.1 Å². The van der Waals surface area contributed by atoms with Crippen LogP contribution in [0.1, 0.15) is 33.6 Å². The molecule has 18 heavy (non-hydrogen) atoms. The lowest BCUT2D eigenvalue weighted by Crippen LogP contribution is -2.12. The van der Waals surface area contributed by atoms with Gasteiger partial charge in [-0.15, -0.1) is 10.2 Å². The number of unbranched alkanes of at least 4 members (excludes halogenated alkanes) is 1. The molecule has 0 saturated carbocycles. The Morgan fingerprint density at radius 3 is 2.50 bits per heavy atom. The van der Waals surface area contributed by atoms with Crippen molar-refractivity contribution in [1.82, 2.24) is 0 Å². The van der Waals surface area contributed by atoms with Gasteiger partial charge >= 0.3 is 0 Å². The van der Waals surface area contributed by atoms with E-state index in [0.29, 0.717) is 17.7 Å². The third kappa shape index (κ3) is 2.60. The van der Waals surface area contributed by atoms with Crippen molar-refractivity contribution in [3.8, 4) is 0 Å². The molecule has 0 saturated heterocycles. The van der Waals surface area contributed by atoms with Crippen molar-refractivity contribution in [2.24, 2.45) is 16.0 Å². The van der Waals surface area contributed by atoms with Crippen molar-refractivity contribution in [3.05, 3.63) is 29.3 Å². The lowest BCUT2D eigenvalue weighted by molar-refractivity contribution is 0.0921. The average molecular weight is 246 g/mol. The third-order valence-corrected chi connectivity index (χ3v) is 2.67. The van der Waals surface area contributed by atoms with Gasteiger partial charge in [-0.25, -0.2) is 0 Å². The van der Waals surface area contributed by atoms with Crippen molar-refractivity contribution in [3.63, 3.8) is 0 Å². The molecular formula is C12H14N4O2. The second-order valence-corrected chi connectivity index (χ2v) is 3.99. The van der Waals surface area contributed by atoms with E-state index in [4.69, 9.17) is 5.73 Å². The van der Waals surface area contributed by atoms with Crippen LogP contribution in [0.3, 0.4) is 0 Å². The molecule has 0 aliphatic carbocycles. The number of rotatable bonds is 5. The molecule has 1 heterocycles. The van der Waals surface area contributed by atoms with Crippen LogP contribution in [0.2, 0.25) is 0 Å². The quantitative estimate of drug-likeness (QED) is 0.771. The van der Waals surface area contributed by atoms with E-state index in [1.807, 2.05) is 0 Å². The summed E-state index contributed by atoms with van der Waals surface area (Å²) in [5.74, 6) is -0.950. The Morgan fingerprint density at radius 1 is 1.06 bits per heavy atom. The number of nitrogens with two attached hydrogens (primary N) is 1. The number of carbonyl (C=O) groups is 2. The second kappa shape index (κ2) is 5.50. The zero-order chi connectivity index (χ0) is 13.0. The number of carbonyl (C=O) groups excluding carboxylic acids is 2. The van der Waals surface area contributed by atoms with E-state index in [2.05, 4.69) is 15.5 Å². The van der Waals surface area contributed by atoms with E-state index in [1.165, 1.54) is 0 Å². The monoisotopic (exact) mass is 246 g/mol. The SMILES string of the molecule is NCCCCNc1ccc2c(c1)C(=O)N=NC2=O. The Balaban J connectivity index is 2.10. The zero-order valence-corrected chi connectivity index (χ0v) is 9.85. The van der Waals surface area contributed by atoms with Crippen molar-refractivity contribution >= 4 is 17.5 Å². The van der Waals surface area contributed by atoms with E-state index in [9.17, 15) is 9.59 Å². The Morgan fingerprint density at radius 2 is 1.78 bits per heavy atom. The van der Waals surface area contributed by atoms with Crippen molar-refractivity contribution in [2.45, 2.75) is 12.8 Å². The summed E-state index contributed by atoms with van der Waals surface area (Å²) in [4.78, 5) is 22.9. The summed E-state index contributed by atoms with van der Waals surface area (Å²) >= 11 is 0. The molecule has 2 amide bonds. The molecule has 6 nitrogen and oxygen atoms in total. The molecule has 1 aliphatic heterocycles. The van der Waals surface area contributed by atoms with Gasteiger partial charge in [-0.1, -0.05) is 0 Å². The molecule has 3 N–H and O–H groups in total. The van der Waals surface area contributed by atoms with Gasteiger partial charge in [0.15, 0.2) is 0 Å². The molecule has 0 radical (unpaired) electrons. The Labute approximate surface area is 104 Å². The van der Waals surface area contributed by atoms with Crippen LogP contribution in [0.25, 0.3) is 0 Å². The minimum Gasteiger partial charge on any atom is -0.385 e. The first-order valence-electron chi connectivity index (χ1n) is 5.81. The summed E-state index contributed by atoms with van der Waals surface area (Å²) in [6.45, 7) is 1.44. The van der Waals surface area contributed by atoms with Gasteiger partial charge in [-0.3, -0.25) is 9.59 Å². The summed E-state index contributed by atoms with van der Waals surface area (Å²) < 4.78 is 0. The van der Waals surface area contributed by atoms with Gasteiger partial charge in [-0.05, 0) is 37.6 Å². The van der Waals surface area contributed by atoms with E-state index < -0.39 is 11.8 Å². The van der Waals surface area contributed by atoms with Gasteiger partial charge in [0.25, 0.3) is 11.8 Å². The molecule has 0 bridgehead atoms. The van der Waals surface area contributed by atoms with Gasteiger partial charge in [0, 0.05) is 12.2 Å². The number of hydrogen-bond acceptors (Lipinski definition) is 4. The average Bonchev–Trinajstić information content (AvgIpc) is 2.39. The highest BCUT2D eigenvalue weighted by Gasteiger charge is 2.21. The normalized spacial score (nSPS) is 13.6. The lowest BCUT2D eigenvalue weighted by Gasteiger charge is -2.10. The molecule has 2 rings (SSSR count). The van der Waals surface area contributed by atoms with Gasteiger partial charge in [0.1, 0.15) is 0 Å². The van der Waals surface area contributed by atoms with E-state index in [0.717, 1.165) is 25.1 Å². The number of azo groups is 1. The first-order chi connectivity index (χ1) is 8.72. The number of hydrogen-bond donors (Lipinski definition) is 2. The highest BCUT2D eigenvalue weighted by molar-refractivity contribution is 6.11. The summed E-state index contributed by atoms with van der Waals surface area (Å²) in [5, 5.41) is 9.74. The minimum atomic E-state index is -0.477. The fraction of sp³-hybridized carbons (Fsp3) is 0.333. The minimum absolute atomic E-state index is 0.304. The van der Waals surface area contributed by atoms with Crippen LogP contribution in [-0.4, -0.2) is 24.9 Å². The summed E-state index contributed by atoms with van der Waals surface area (Å²) in [6.07, 6.45) is 1.91. The molecule has 1 aromatic rings. The van der Waals surface area contributed by atoms with Gasteiger partial charge in [0.05, 0.1) is 11.1 Å². The number of amides is 2. The zero-order valence-electron chi connectivity index (χ0n) is 9.85. The van der Waals surface area contributed by atoms with Crippen molar-refractivity contribution in [1.29, 1.82) is 0 Å². The van der Waals surface area contributed by atoms with Crippen LogP contribution >= 0.6 is 0 Å². The molecule has 1 aliphatic rings. The Kier molecular flexibility index (Phi) is 3.78. The van der Waals surface area contributed by atoms with Crippen molar-refractivity contribution in [2.75, 3.05) is 18.4 Å². The molecule has 0 fully saturated rings. The van der Waals surface area contributed by atoms with E-state index >= 15 is 0 Å². The maximum Gasteiger partial charge on any atom is 0.296 e. The predicted molar refractivity (Wildman–Crippen MR) is 66.7 cm³/mol. The maximum atomic E-state index is 11.5. The van der Waals surface area contributed by atoms with Crippen molar-refractivity contribution < 1.29 is 9.59 Å². The smallest absolute Gasteiger partial charge is 0.296 e. The van der Waals surface area contributed by atoms with Crippen LogP contribution in [0.4, 0.5) is 5.69 Å². The molecule has 94 valence electrons. The van der Waals surface area contributed by atoms with E-state index in [-0.39, 0.29) is 0 Å². The second-order valence-electron chi connectivity index (χ2n) is 3.99. The van der Waals surface area contributed by atoms with Gasteiger partial charge in [0.2, 0.25) is 0 Å². The Hall–Kier alpha value is -2.08. The summed E-state index contributed by atoms with van der Waals surface area (Å²) in [6, 6.07) is 4.99.